The van der Waals surface area contributed by atoms with Crippen molar-refractivity contribution >= 4 is 23.1 Å². The Balaban J connectivity index is 2.92. The van der Waals surface area contributed by atoms with Gasteiger partial charge < -0.3 is 0 Å². The van der Waals surface area contributed by atoms with E-state index in [4.69, 9.17) is 11.6 Å². The van der Waals surface area contributed by atoms with Crippen LogP contribution in [0, 0.1) is 0 Å². The molecule has 0 aliphatic heterocycles. The summed E-state index contributed by atoms with van der Waals surface area (Å²) in [4.78, 5) is 0. The minimum absolute atomic E-state index is 0.344. The van der Waals surface area contributed by atoms with Crippen LogP contribution >= 0.6 is 23.1 Å². The number of nitrogens with zero attached hydrogens (tertiary/aromatic N) is 2. The fourth-order valence-corrected chi connectivity index (χ4v) is 0.884. The van der Waals surface area contributed by atoms with Crippen LogP contribution in [0.25, 0.3) is 0 Å². The first-order valence-corrected chi connectivity index (χ1v) is 3.04. The zero-order chi connectivity index (χ0) is 5.98. The summed E-state index contributed by atoms with van der Waals surface area (Å²) in [6, 6.07) is 0. The van der Waals surface area contributed by atoms with E-state index >= 15 is 0 Å². The SMILES string of the molecule is [O]Cc1nnsc1Cl. The van der Waals surface area contributed by atoms with E-state index < -0.39 is 0 Å². The summed E-state index contributed by atoms with van der Waals surface area (Å²) in [5, 5.41) is 13.5. The van der Waals surface area contributed by atoms with Gasteiger partial charge in [-0.2, -0.15) is 0 Å². The van der Waals surface area contributed by atoms with Crippen molar-refractivity contribution in [2.45, 2.75) is 6.61 Å². The van der Waals surface area contributed by atoms with E-state index in [1.165, 1.54) is 0 Å². The van der Waals surface area contributed by atoms with E-state index in [0.29, 0.717) is 10.0 Å². The van der Waals surface area contributed by atoms with Gasteiger partial charge in [0, 0.05) is 11.5 Å². The average molecular weight is 150 g/mol. The summed E-state index contributed by atoms with van der Waals surface area (Å²) < 4.78 is 3.86. The van der Waals surface area contributed by atoms with Crippen molar-refractivity contribution in [2.75, 3.05) is 0 Å². The fraction of sp³-hybridized carbons (Fsp3) is 0.333. The summed E-state index contributed by atoms with van der Waals surface area (Å²) in [5.74, 6) is 0. The largest absolute Gasteiger partial charge is 0.230 e. The summed E-state index contributed by atoms with van der Waals surface area (Å²) >= 11 is 6.47. The van der Waals surface area contributed by atoms with E-state index in [1.807, 2.05) is 0 Å². The zero-order valence-electron chi connectivity index (χ0n) is 3.80. The molecule has 0 unspecified atom stereocenters. The Hall–Kier alpha value is -0.190. The molecule has 3 nitrogen and oxygen atoms in total. The molecule has 0 bridgehead atoms. The molecule has 0 aliphatic carbocycles. The van der Waals surface area contributed by atoms with Crippen LogP contribution in [0.3, 0.4) is 0 Å². The Morgan fingerprint density at radius 2 is 2.50 bits per heavy atom. The summed E-state index contributed by atoms with van der Waals surface area (Å²) in [7, 11) is 0. The topological polar surface area (TPSA) is 45.7 Å². The second-order valence-electron chi connectivity index (χ2n) is 1.14. The van der Waals surface area contributed by atoms with Crippen molar-refractivity contribution in [3.8, 4) is 0 Å². The quantitative estimate of drug-likeness (QED) is 0.601. The fourth-order valence-electron chi connectivity index (χ4n) is 0.283. The van der Waals surface area contributed by atoms with Crippen LogP contribution in [-0.4, -0.2) is 9.59 Å². The summed E-state index contributed by atoms with van der Waals surface area (Å²) in [6.45, 7) is -0.380. The van der Waals surface area contributed by atoms with E-state index in [2.05, 4.69) is 9.59 Å². The van der Waals surface area contributed by atoms with Crippen LogP contribution in [0.1, 0.15) is 5.69 Å². The molecule has 43 valence electrons. The number of rotatable bonds is 1. The Morgan fingerprint density at radius 1 is 1.75 bits per heavy atom. The smallest absolute Gasteiger partial charge is 0.140 e. The Kier molecular flexibility index (Phi) is 1.77. The molecule has 1 radical (unpaired) electrons. The van der Waals surface area contributed by atoms with Crippen molar-refractivity contribution < 1.29 is 5.11 Å². The number of hydrogen-bond donors (Lipinski definition) is 0. The maximum absolute atomic E-state index is 10.0. The first kappa shape index (κ1) is 5.94. The van der Waals surface area contributed by atoms with Gasteiger partial charge in [0.15, 0.2) is 0 Å². The van der Waals surface area contributed by atoms with E-state index in [-0.39, 0.29) is 6.61 Å². The normalized spacial score (nSPS) is 9.75. The van der Waals surface area contributed by atoms with Crippen LogP contribution in [0.5, 0.6) is 0 Å². The van der Waals surface area contributed by atoms with Crippen molar-refractivity contribution in [2.24, 2.45) is 0 Å². The Labute approximate surface area is 55.1 Å². The molecule has 0 saturated carbocycles. The van der Waals surface area contributed by atoms with Crippen LogP contribution in [0.4, 0.5) is 0 Å². The highest BCUT2D eigenvalue weighted by Gasteiger charge is 2.01. The molecule has 0 saturated heterocycles. The number of aromatic nitrogens is 2. The molecule has 8 heavy (non-hydrogen) atoms. The van der Waals surface area contributed by atoms with Gasteiger partial charge in [0.05, 0.1) is 0 Å². The second kappa shape index (κ2) is 2.39. The maximum Gasteiger partial charge on any atom is 0.140 e. The van der Waals surface area contributed by atoms with Gasteiger partial charge >= 0.3 is 0 Å². The molecule has 0 atom stereocenters. The molecule has 5 heteroatoms. The van der Waals surface area contributed by atoms with Gasteiger partial charge in [-0.3, -0.25) is 0 Å². The Bertz CT molecular complexity index is 178. The molecule has 0 fully saturated rings. The average Bonchev–Trinajstić information content (AvgIpc) is 2.14. The van der Waals surface area contributed by atoms with Crippen molar-refractivity contribution in [3.63, 3.8) is 0 Å². The van der Waals surface area contributed by atoms with E-state index in [9.17, 15) is 5.11 Å². The first-order chi connectivity index (χ1) is 3.84. The first-order valence-electron chi connectivity index (χ1n) is 1.89. The van der Waals surface area contributed by atoms with Gasteiger partial charge in [0.2, 0.25) is 0 Å². The van der Waals surface area contributed by atoms with Crippen molar-refractivity contribution in [1.82, 2.24) is 9.59 Å². The molecule has 0 aromatic carbocycles. The zero-order valence-corrected chi connectivity index (χ0v) is 5.37. The molecule has 0 aliphatic rings. The van der Waals surface area contributed by atoms with Crippen LogP contribution in [-0.2, 0) is 11.7 Å². The highest BCUT2D eigenvalue weighted by Crippen LogP contribution is 2.16. The standard InChI is InChI=1S/C3H2ClN2OS/c4-3-2(1-7)5-6-8-3/h1H2. The van der Waals surface area contributed by atoms with Crippen molar-refractivity contribution in [1.29, 1.82) is 0 Å². The van der Waals surface area contributed by atoms with Gasteiger partial charge in [0.1, 0.15) is 16.6 Å². The second-order valence-corrected chi connectivity index (χ2v) is 2.49. The lowest BCUT2D eigenvalue weighted by molar-refractivity contribution is 0.174. The minimum atomic E-state index is -0.380. The lowest BCUT2D eigenvalue weighted by atomic mass is 10.5. The number of halogens is 1. The van der Waals surface area contributed by atoms with Crippen LogP contribution < -0.4 is 0 Å². The van der Waals surface area contributed by atoms with E-state index in [0.717, 1.165) is 11.5 Å². The Morgan fingerprint density at radius 3 is 2.75 bits per heavy atom. The third-order valence-corrected chi connectivity index (χ3v) is 1.63. The molecule has 1 rings (SSSR count). The van der Waals surface area contributed by atoms with Gasteiger partial charge in [-0.25, -0.2) is 5.11 Å². The third-order valence-electron chi connectivity index (χ3n) is 0.646. The lowest BCUT2D eigenvalue weighted by Crippen LogP contribution is -1.80. The van der Waals surface area contributed by atoms with E-state index in [1.54, 1.807) is 0 Å². The van der Waals surface area contributed by atoms with Crippen molar-refractivity contribution in [3.05, 3.63) is 10.0 Å². The minimum Gasteiger partial charge on any atom is -0.230 e. The van der Waals surface area contributed by atoms with Gasteiger partial charge in [0.25, 0.3) is 0 Å². The molecular formula is C3H2ClN2OS. The summed E-state index contributed by atoms with van der Waals surface area (Å²) in [5.41, 5.74) is 0.344. The van der Waals surface area contributed by atoms with Crippen LogP contribution in [0.2, 0.25) is 4.34 Å². The molecule has 1 heterocycles. The molecule has 0 amide bonds. The van der Waals surface area contributed by atoms with Gasteiger partial charge in [-0.1, -0.05) is 16.1 Å². The molecule has 0 spiro atoms. The van der Waals surface area contributed by atoms with Gasteiger partial charge in [-0.15, -0.1) is 5.10 Å². The monoisotopic (exact) mass is 149 g/mol. The van der Waals surface area contributed by atoms with Gasteiger partial charge in [-0.05, 0) is 0 Å². The maximum atomic E-state index is 10.0. The molecule has 0 N–H and O–H groups in total. The lowest BCUT2D eigenvalue weighted by Gasteiger charge is -1.78. The third kappa shape index (κ3) is 0.964. The molecule has 1 aromatic rings. The highest BCUT2D eigenvalue weighted by atomic mass is 35.5. The highest BCUT2D eigenvalue weighted by molar-refractivity contribution is 7.10. The predicted molar refractivity (Wildman–Crippen MR) is 29.3 cm³/mol. The molecular weight excluding hydrogens is 148 g/mol. The molecule has 1 aromatic heterocycles. The van der Waals surface area contributed by atoms with Crippen LogP contribution in [0.15, 0.2) is 0 Å². The summed E-state index contributed by atoms with van der Waals surface area (Å²) in [6.07, 6.45) is 0. The number of hydrogen-bond acceptors (Lipinski definition) is 3. The predicted octanol–water partition coefficient (Wildman–Crippen LogP) is 1.12.